The van der Waals surface area contributed by atoms with Crippen molar-refractivity contribution in [2.75, 3.05) is 32.1 Å². The van der Waals surface area contributed by atoms with Crippen LogP contribution in [0.1, 0.15) is 18.4 Å². The first-order chi connectivity index (χ1) is 8.79. The van der Waals surface area contributed by atoms with Gasteiger partial charge in [0.2, 0.25) is 0 Å². The Morgan fingerprint density at radius 1 is 1.22 bits per heavy atom. The summed E-state index contributed by atoms with van der Waals surface area (Å²) in [5, 5.41) is 8.66. The number of hydrogen-bond acceptors (Lipinski definition) is 4. The van der Waals surface area contributed by atoms with Gasteiger partial charge < -0.3 is 15.6 Å². The van der Waals surface area contributed by atoms with Crippen molar-refractivity contribution < 1.29 is 9.84 Å². The Morgan fingerprint density at radius 3 is 2.56 bits per heavy atom. The Hall–Kier alpha value is -1.10. The molecule has 0 aromatic heterocycles. The summed E-state index contributed by atoms with van der Waals surface area (Å²) in [6, 6.07) is 8.77. The zero-order valence-corrected chi connectivity index (χ0v) is 10.7. The van der Waals surface area contributed by atoms with Crippen LogP contribution in [-0.4, -0.2) is 42.4 Å². The highest BCUT2D eigenvalue weighted by molar-refractivity contribution is 5.39. The van der Waals surface area contributed by atoms with Crippen molar-refractivity contribution in [3.8, 4) is 0 Å². The summed E-state index contributed by atoms with van der Waals surface area (Å²) in [5.74, 6) is 0. The Balaban J connectivity index is 1.80. The minimum Gasteiger partial charge on any atom is -0.399 e. The maximum absolute atomic E-state index is 8.66. The van der Waals surface area contributed by atoms with E-state index in [-0.39, 0.29) is 6.61 Å². The van der Waals surface area contributed by atoms with Gasteiger partial charge in [-0.25, -0.2) is 0 Å². The summed E-state index contributed by atoms with van der Waals surface area (Å²) in [4.78, 5) is 2.45. The molecule has 1 saturated carbocycles. The topological polar surface area (TPSA) is 58.7 Å². The Labute approximate surface area is 108 Å². The maximum Gasteiger partial charge on any atom is 0.0698 e. The standard InChI is InChI=1S/C14H22N2O2/c15-13-3-1-12(2-4-13)11-16(14-5-6-14)7-9-18-10-8-17/h1-4,14,17H,5-11,15H2. The van der Waals surface area contributed by atoms with Gasteiger partial charge in [-0.05, 0) is 30.5 Å². The molecular weight excluding hydrogens is 228 g/mol. The lowest BCUT2D eigenvalue weighted by Crippen LogP contribution is -2.29. The minimum absolute atomic E-state index is 0.0986. The molecule has 1 aliphatic carbocycles. The van der Waals surface area contributed by atoms with E-state index in [2.05, 4.69) is 17.0 Å². The highest BCUT2D eigenvalue weighted by Gasteiger charge is 2.28. The molecule has 0 aliphatic heterocycles. The van der Waals surface area contributed by atoms with Crippen LogP contribution >= 0.6 is 0 Å². The summed E-state index contributed by atoms with van der Waals surface area (Å²) < 4.78 is 5.34. The SMILES string of the molecule is Nc1ccc(CN(CCOCCO)C2CC2)cc1. The van der Waals surface area contributed by atoms with Crippen LogP contribution in [0.3, 0.4) is 0 Å². The maximum atomic E-state index is 8.66. The summed E-state index contributed by atoms with van der Waals surface area (Å²) in [5.41, 5.74) is 7.78. The molecule has 0 spiro atoms. The van der Waals surface area contributed by atoms with Crippen LogP contribution < -0.4 is 5.73 Å². The number of hydrogen-bond donors (Lipinski definition) is 2. The highest BCUT2D eigenvalue weighted by atomic mass is 16.5. The molecular formula is C14H22N2O2. The van der Waals surface area contributed by atoms with Gasteiger partial charge in [0.05, 0.1) is 19.8 Å². The molecule has 1 aliphatic rings. The zero-order chi connectivity index (χ0) is 12.8. The molecule has 0 heterocycles. The van der Waals surface area contributed by atoms with Crippen molar-refractivity contribution >= 4 is 5.69 Å². The van der Waals surface area contributed by atoms with Crippen molar-refractivity contribution in [2.24, 2.45) is 0 Å². The molecule has 18 heavy (non-hydrogen) atoms. The molecule has 4 heteroatoms. The fourth-order valence-electron chi connectivity index (χ4n) is 2.04. The zero-order valence-electron chi connectivity index (χ0n) is 10.7. The summed E-state index contributed by atoms with van der Waals surface area (Å²) in [7, 11) is 0. The summed E-state index contributed by atoms with van der Waals surface area (Å²) >= 11 is 0. The fourth-order valence-corrected chi connectivity index (χ4v) is 2.04. The van der Waals surface area contributed by atoms with Crippen LogP contribution in [0, 0.1) is 0 Å². The van der Waals surface area contributed by atoms with E-state index in [4.69, 9.17) is 15.6 Å². The van der Waals surface area contributed by atoms with Gasteiger partial charge in [-0.15, -0.1) is 0 Å². The number of aliphatic hydroxyl groups is 1. The quantitative estimate of drug-likeness (QED) is 0.538. The lowest BCUT2D eigenvalue weighted by atomic mass is 10.2. The predicted octanol–water partition coefficient (Wildman–Crippen LogP) is 1.24. The lowest BCUT2D eigenvalue weighted by Gasteiger charge is -2.22. The molecule has 1 aromatic rings. The molecule has 100 valence electrons. The first-order valence-corrected chi connectivity index (χ1v) is 6.56. The molecule has 0 radical (unpaired) electrons. The van der Waals surface area contributed by atoms with Crippen molar-refractivity contribution in [1.82, 2.24) is 4.90 Å². The molecule has 0 saturated heterocycles. The molecule has 0 amide bonds. The number of anilines is 1. The van der Waals surface area contributed by atoms with Crippen molar-refractivity contribution in [2.45, 2.75) is 25.4 Å². The molecule has 0 bridgehead atoms. The molecule has 0 atom stereocenters. The number of aliphatic hydroxyl groups excluding tert-OH is 1. The number of nitrogen functional groups attached to an aromatic ring is 1. The fraction of sp³-hybridized carbons (Fsp3) is 0.571. The number of benzene rings is 1. The second-order valence-electron chi connectivity index (χ2n) is 4.78. The third kappa shape index (κ3) is 4.29. The largest absolute Gasteiger partial charge is 0.399 e. The highest BCUT2D eigenvalue weighted by Crippen LogP contribution is 2.28. The molecule has 1 aromatic carbocycles. The normalized spacial score (nSPS) is 15.2. The van der Waals surface area contributed by atoms with Gasteiger partial charge in [-0.3, -0.25) is 4.90 Å². The first-order valence-electron chi connectivity index (χ1n) is 6.56. The summed E-state index contributed by atoms with van der Waals surface area (Å²) in [6.45, 7) is 3.09. The first kappa shape index (κ1) is 13.3. The van der Waals surface area contributed by atoms with E-state index >= 15 is 0 Å². The van der Waals surface area contributed by atoms with Gasteiger partial charge in [-0.1, -0.05) is 12.1 Å². The van der Waals surface area contributed by atoms with Gasteiger partial charge in [-0.2, -0.15) is 0 Å². The van der Waals surface area contributed by atoms with Crippen LogP contribution in [0.4, 0.5) is 5.69 Å². The van der Waals surface area contributed by atoms with Gasteiger partial charge >= 0.3 is 0 Å². The van der Waals surface area contributed by atoms with Crippen molar-refractivity contribution in [1.29, 1.82) is 0 Å². The number of ether oxygens (including phenoxy) is 1. The summed E-state index contributed by atoms with van der Waals surface area (Å²) in [6.07, 6.45) is 2.57. The van der Waals surface area contributed by atoms with Gasteiger partial charge in [0.15, 0.2) is 0 Å². The molecule has 1 fully saturated rings. The minimum atomic E-state index is 0.0986. The van der Waals surface area contributed by atoms with E-state index in [1.807, 2.05) is 12.1 Å². The van der Waals surface area contributed by atoms with Crippen molar-refractivity contribution in [3.05, 3.63) is 29.8 Å². The van der Waals surface area contributed by atoms with E-state index in [1.54, 1.807) is 0 Å². The average molecular weight is 250 g/mol. The van der Waals surface area contributed by atoms with Crippen LogP contribution in [0.25, 0.3) is 0 Å². The number of nitrogens with two attached hydrogens (primary N) is 1. The van der Waals surface area contributed by atoms with Crippen LogP contribution in [0.15, 0.2) is 24.3 Å². The van der Waals surface area contributed by atoms with E-state index in [0.717, 1.165) is 18.8 Å². The number of nitrogens with zero attached hydrogens (tertiary/aromatic N) is 1. The lowest BCUT2D eigenvalue weighted by molar-refractivity contribution is 0.0702. The van der Waals surface area contributed by atoms with Gasteiger partial charge in [0, 0.05) is 24.8 Å². The predicted molar refractivity (Wildman–Crippen MR) is 72.2 cm³/mol. The molecule has 0 unspecified atom stereocenters. The van der Waals surface area contributed by atoms with Crippen LogP contribution in [0.2, 0.25) is 0 Å². The second-order valence-corrected chi connectivity index (χ2v) is 4.78. The smallest absolute Gasteiger partial charge is 0.0698 e. The van der Waals surface area contributed by atoms with Crippen LogP contribution in [-0.2, 0) is 11.3 Å². The Morgan fingerprint density at radius 2 is 1.94 bits per heavy atom. The molecule has 4 nitrogen and oxygen atoms in total. The van der Waals surface area contributed by atoms with E-state index in [1.165, 1.54) is 18.4 Å². The van der Waals surface area contributed by atoms with Gasteiger partial charge in [0.1, 0.15) is 0 Å². The van der Waals surface area contributed by atoms with E-state index in [9.17, 15) is 0 Å². The third-order valence-corrected chi connectivity index (χ3v) is 3.19. The van der Waals surface area contributed by atoms with E-state index < -0.39 is 0 Å². The monoisotopic (exact) mass is 250 g/mol. The average Bonchev–Trinajstić information content (AvgIpc) is 3.20. The molecule has 2 rings (SSSR count). The molecule has 3 N–H and O–H groups in total. The van der Waals surface area contributed by atoms with Crippen molar-refractivity contribution in [3.63, 3.8) is 0 Å². The second kappa shape index (κ2) is 6.73. The van der Waals surface area contributed by atoms with E-state index in [0.29, 0.717) is 19.3 Å². The Bertz CT molecular complexity index is 349. The van der Waals surface area contributed by atoms with Crippen LogP contribution in [0.5, 0.6) is 0 Å². The third-order valence-electron chi connectivity index (χ3n) is 3.19. The Kier molecular flexibility index (Phi) is 4.99. The number of rotatable bonds is 8. The van der Waals surface area contributed by atoms with Gasteiger partial charge in [0.25, 0.3) is 0 Å².